The molecule has 0 saturated heterocycles. The third-order valence-corrected chi connectivity index (χ3v) is 4.23. The van der Waals surface area contributed by atoms with Crippen LogP contribution in [0.3, 0.4) is 0 Å². The lowest BCUT2D eigenvalue weighted by atomic mass is 10.1. The molecule has 0 aromatic carbocycles. The summed E-state index contributed by atoms with van der Waals surface area (Å²) in [7, 11) is 0. The summed E-state index contributed by atoms with van der Waals surface area (Å²) in [6.45, 7) is 9.86. The molecule has 0 aromatic rings. The minimum atomic E-state index is -0.401. The van der Waals surface area contributed by atoms with Crippen LogP contribution in [0.15, 0.2) is 0 Å². The summed E-state index contributed by atoms with van der Waals surface area (Å²) < 4.78 is 5.52. The molecule has 122 valence electrons. The Balaban J connectivity index is 1.69. The van der Waals surface area contributed by atoms with E-state index in [2.05, 4.69) is 12.2 Å². The lowest BCUT2D eigenvalue weighted by Gasteiger charge is -2.27. The van der Waals surface area contributed by atoms with Crippen molar-refractivity contribution in [3.8, 4) is 0 Å². The fraction of sp³-hybridized carbons (Fsp3) is 0.941. The largest absolute Gasteiger partial charge is 0.444 e. The van der Waals surface area contributed by atoms with Crippen molar-refractivity contribution in [2.45, 2.75) is 83.9 Å². The molecule has 2 aliphatic carbocycles. The summed E-state index contributed by atoms with van der Waals surface area (Å²) in [5.74, 6) is 0.903. The molecule has 0 aliphatic heterocycles. The van der Waals surface area contributed by atoms with Crippen LogP contribution >= 0.6 is 0 Å². The van der Waals surface area contributed by atoms with Crippen LogP contribution in [-0.4, -0.2) is 41.8 Å². The maximum atomic E-state index is 12.2. The van der Waals surface area contributed by atoms with Gasteiger partial charge in [-0.15, -0.1) is 0 Å². The van der Waals surface area contributed by atoms with E-state index in [4.69, 9.17) is 4.74 Å². The Morgan fingerprint density at radius 3 is 2.43 bits per heavy atom. The topological polar surface area (TPSA) is 41.6 Å². The quantitative estimate of drug-likeness (QED) is 0.696. The van der Waals surface area contributed by atoms with Crippen LogP contribution in [-0.2, 0) is 4.74 Å². The van der Waals surface area contributed by atoms with Gasteiger partial charge in [0.25, 0.3) is 0 Å². The molecule has 1 amide bonds. The Morgan fingerprint density at radius 2 is 1.95 bits per heavy atom. The van der Waals surface area contributed by atoms with Gasteiger partial charge in [0.15, 0.2) is 0 Å². The van der Waals surface area contributed by atoms with Crippen LogP contribution in [0.25, 0.3) is 0 Å². The molecular formula is C17H32N2O2. The Hall–Kier alpha value is -0.770. The van der Waals surface area contributed by atoms with Crippen LogP contribution in [0.5, 0.6) is 0 Å². The van der Waals surface area contributed by atoms with Crippen molar-refractivity contribution in [1.82, 2.24) is 10.2 Å². The molecule has 1 unspecified atom stereocenters. The van der Waals surface area contributed by atoms with Crippen molar-refractivity contribution in [3.63, 3.8) is 0 Å². The van der Waals surface area contributed by atoms with E-state index < -0.39 is 5.60 Å². The molecule has 2 fully saturated rings. The van der Waals surface area contributed by atoms with Gasteiger partial charge in [0.2, 0.25) is 0 Å². The van der Waals surface area contributed by atoms with E-state index >= 15 is 0 Å². The zero-order chi connectivity index (χ0) is 15.5. The molecule has 2 rings (SSSR count). The summed E-state index contributed by atoms with van der Waals surface area (Å²) >= 11 is 0. The van der Waals surface area contributed by atoms with Crippen LogP contribution in [0.4, 0.5) is 4.79 Å². The van der Waals surface area contributed by atoms with Crippen LogP contribution < -0.4 is 5.32 Å². The van der Waals surface area contributed by atoms with Crippen LogP contribution in [0.2, 0.25) is 0 Å². The molecule has 1 N–H and O–H groups in total. The van der Waals surface area contributed by atoms with Crippen molar-refractivity contribution < 1.29 is 9.53 Å². The number of hydrogen-bond acceptors (Lipinski definition) is 3. The first-order valence-corrected chi connectivity index (χ1v) is 8.63. The highest BCUT2D eigenvalue weighted by Crippen LogP contribution is 2.34. The van der Waals surface area contributed by atoms with E-state index in [0.29, 0.717) is 12.1 Å². The van der Waals surface area contributed by atoms with Crippen LogP contribution in [0, 0.1) is 5.92 Å². The van der Waals surface area contributed by atoms with Gasteiger partial charge >= 0.3 is 6.09 Å². The molecule has 1 atom stereocenters. The summed E-state index contributed by atoms with van der Waals surface area (Å²) in [6.07, 6.45) is 7.12. The lowest BCUT2D eigenvalue weighted by Crippen LogP contribution is -2.40. The first-order valence-electron chi connectivity index (χ1n) is 8.63. The third-order valence-electron chi connectivity index (χ3n) is 4.23. The summed E-state index contributed by atoms with van der Waals surface area (Å²) in [6, 6.07) is 1.10. The number of hydrogen-bond donors (Lipinski definition) is 1. The highest BCUT2D eigenvalue weighted by Gasteiger charge is 2.35. The fourth-order valence-corrected chi connectivity index (χ4v) is 2.81. The molecular weight excluding hydrogens is 264 g/mol. The van der Waals surface area contributed by atoms with Gasteiger partial charge in [-0.3, -0.25) is 0 Å². The number of carbonyl (C=O) groups excluding carboxylic acids is 1. The van der Waals surface area contributed by atoms with E-state index in [9.17, 15) is 4.79 Å². The molecule has 2 saturated carbocycles. The number of nitrogens with zero attached hydrogens (tertiary/aromatic N) is 1. The zero-order valence-corrected chi connectivity index (χ0v) is 14.2. The summed E-state index contributed by atoms with van der Waals surface area (Å²) in [4.78, 5) is 14.2. The predicted octanol–water partition coefficient (Wildman–Crippen LogP) is 3.55. The molecule has 21 heavy (non-hydrogen) atoms. The Bertz CT molecular complexity index is 343. The monoisotopic (exact) mass is 296 g/mol. The first kappa shape index (κ1) is 16.6. The van der Waals surface area contributed by atoms with Crippen LogP contribution in [0.1, 0.15) is 66.2 Å². The summed E-state index contributed by atoms with van der Waals surface area (Å²) in [5, 5.41) is 3.65. The van der Waals surface area contributed by atoms with Gasteiger partial charge in [0, 0.05) is 18.6 Å². The van der Waals surface area contributed by atoms with Gasteiger partial charge in [0.1, 0.15) is 5.60 Å². The molecule has 4 heteroatoms. The van der Waals surface area contributed by atoms with Crippen molar-refractivity contribution in [2.75, 3.05) is 13.1 Å². The average molecular weight is 296 g/mol. The minimum Gasteiger partial charge on any atom is -0.444 e. The van der Waals surface area contributed by atoms with Gasteiger partial charge in [-0.2, -0.15) is 0 Å². The molecule has 0 radical (unpaired) electrons. The lowest BCUT2D eigenvalue weighted by molar-refractivity contribution is 0.0231. The SMILES string of the molecule is CCC(NCCCN(C(=O)OC(C)(C)C)C1CC1)C1CC1. The molecule has 0 aromatic heterocycles. The minimum absolute atomic E-state index is 0.140. The van der Waals surface area contributed by atoms with Gasteiger partial charge in [-0.1, -0.05) is 6.92 Å². The fourth-order valence-electron chi connectivity index (χ4n) is 2.81. The number of amides is 1. The zero-order valence-electron chi connectivity index (χ0n) is 14.2. The van der Waals surface area contributed by atoms with Crippen molar-refractivity contribution in [3.05, 3.63) is 0 Å². The predicted molar refractivity (Wildman–Crippen MR) is 85.4 cm³/mol. The Labute approximate surface area is 129 Å². The maximum Gasteiger partial charge on any atom is 0.410 e. The third kappa shape index (κ3) is 5.85. The van der Waals surface area contributed by atoms with Gasteiger partial charge in [-0.05, 0) is 71.8 Å². The number of rotatable bonds is 8. The van der Waals surface area contributed by atoms with E-state index in [1.54, 1.807) is 0 Å². The van der Waals surface area contributed by atoms with E-state index in [1.165, 1.54) is 19.3 Å². The van der Waals surface area contributed by atoms with Gasteiger partial charge in [0.05, 0.1) is 0 Å². The highest BCUT2D eigenvalue weighted by molar-refractivity contribution is 5.69. The average Bonchev–Trinajstić information content (AvgIpc) is 3.24. The second-order valence-corrected chi connectivity index (χ2v) is 7.56. The number of nitrogens with one attached hydrogen (secondary N) is 1. The second-order valence-electron chi connectivity index (χ2n) is 7.56. The number of carbonyl (C=O) groups is 1. The van der Waals surface area contributed by atoms with Gasteiger partial charge < -0.3 is 15.0 Å². The smallest absolute Gasteiger partial charge is 0.410 e. The maximum absolute atomic E-state index is 12.2. The highest BCUT2D eigenvalue weighted by atomic mass is 16.6. The van der Waals surface area contributed by atoms with Gasteiger partial charge in [-0.25, -0.2) is 4.79 Å². The standard InChI is InChI=1S/C17H32N2O2/c1-5-15(13-7-8-13)18-11-6-12-19(14-9-10-14)16(20)21-17(2,3)4/h13-15,18H,5-12H2,1-4H3. The molecule has 0 spiro atoms. The molecule has 0 heterocycles. The molecule has 2 aliphatic rings. The van der Waals surface area contributed by atoms with Crippen molar-refractivity contribution in [2.24, 2.45) is 5.92 Å². The van der Waals surface area contributed by atoms with Crippen molar-refractivity contribution in [1.29, 1.82) is 0 Å². The van der Waals surface area contributed by atoms with E-state index in [-0.39, 0.29) is 6.09 Å². The Kier molecular flexibility index (Phi) is 5.53. The van der Waals surface area contributed by atoms with E-state index in [1.807, 2.05) is 25.7 Å². The summed E-state index contributed by atoms with van der Waals surface area (Å²) in [5.41, 5.74) is -0.401. The normalized spacial score (nSPS) is 20.2. The first-order chi connectivity index (χ1) is 9.90. The number of ether oxygens (including phenoxy) is 1. The second kappa shape index (κ2) is 6.99. The van der Waals surface area contributed by atoms with E-state index in [0.717, 1.165) is 38.3 Å². The molecule has 4 nitrogen and oxygen atoms in total. The van der Waals surface area contributed by atoms with Crippen molar-refractivity contribution >= 4 is 6.09 Å². The Morgan fingerprint density at radius 1 is 1.29 bits per heavy atom. The molecule has 0 bridgehead atoms.